The van der Waals surface area contributed by atoms with E-state index in [1.807, 2.05) is 60.7 Å². The number of aliphatic hydroxyl groups is 1. The van der Waals surface area contributed by atoms with Gasteiger partial charge in [-0.1, -0.05) is 54.6 Å². The van der Waals surface area contributed by atoms with Crippen LogP contribution in [0.4, 0.5) is 0 Å². The van der Waals surface area contributed by atoms with Crippen molar-refractivity contribution in [1.29, 1.82) is 0 Å². The van der Waals surface area contributed by atoms with Crippen LogP contribution in [0.5, 0.6) is 0 Å². The number of amides is 1. The van der Waals surface area contributed by atoms with Crippen LogP contribution in [0.1, 0.15) is 27.0 Å². The second-order valence-corrected chi connectivity index (χ2v) is 6.28. The summed E-state index contributed by atoms with van der Waals surface area (Å²) in [6, 6.07) is 20.8. The zero-order valence-electron chi connectivity index (χ0n) is 13.7. The lowest BCUT2D eigenvalue weighted by Crippen LogP contribution is -2.45. The van der Waals surface area contributed by atoms with Gasteiger partial charge >= 0.3 is 0 Å². The van der Waals surface area contributed by atoms with E-state index in [4.69, 9.17) is 0 Å². The molecule has 0 unspecified atom stereocenters. The highest BCUT2D eigenvalue weighted by molar-refractivity contribution is 5.99. The van der Waals surface area contributed by atoms with Crippen LogP contribution in [0.25, 0.3) is 0 Å². The normalized spacial score (nSPS) is 19.1. The number of pyridine rings is 1. The maximum absolute atomic E-state index is 13.0. The highest BCUT2D eigenvalue weighted by atomic mass is 16.3. The highest BCUT2D eigenvalue weighted by Crippen LogP contribution is 2.40. The molecule has 0 bridgehead atoms. The first-order valence-electron chi connectivity index (χ1n) is 8.25. The molecule has 25 heavy (non-hydrogen) atoms. The Hall–Kier alpha value is -2.98. The number of rotatable bonds is 4. The van der Waals surface area contributed by atoms with Crippen molar-refractivity contribution >= 4 is 5.91 Å². The van der Waals surface area contributed by atoms with E-state index in [1.165, 1.54) is 0 Å². The van der Waals surface area contributed by atoms with Gasteiger partial charge in [-0.3, -0.25) is 9.78 Å². The third kappa shape index (κ3) is 2.71. The fraction of sp³-hybridized carbons (Fsp3) is 0.143. The summed E-state index contributed by atoms with van der Waals surface area (Å²) in [6.07, 6.45) is 3.76. The van der Waals surface area contributed by atoms with E-state index in [0.29, 0.717) is 24.1 Å². The van der Waals surface area contributed by atoms with Crippen molar-refractivity contribution in [3.8, 4) is 0 Å². The maximum Gasteiger partial charge on any atom is 0.257 e. The van der Waals surface area contributed by atoms with Crippen LogP contribution in [0, 0.1) is 0 Å². The van der Waals surface area contributed by atoms with Gasteiger partial charge in [0.1, 0.15) is 0 Å². The average Bonchev–Trinajstić information content (AvgIpc) is 2.86. The third-order valence-electron chi connectivity index (χ3n) is 4.64. The van der Waals surface area contributed by atoms with E-state index in [0.717, 1.165) is 11.1 Å². The van der Waals surface area contributed by atoms with Crippen molar-refractivity contribution in [2.24, 2.45) is 0 Å². The molecule has 2 aromatic carbocycles. The largest absolute Gasteiger partial charge is 0.366 e. The molecule has 4 heteroatoms. The quantitative estimate of drug-likeness (QED) is 0.800. The van der Waals surface area contributed by atoms with Crippen LogP contribution < -0.4 is 0 Å². The molecule has 0 aliphatic carbocycles. The van der Waals surface area contributed by atoms with Gasteiger partial charge in [-0.2, -0.15) is 0 Å². The van der Waals surface area contributed by atoms with Gasteiger partial charge in [-0.25, -0.2) is 0 Å². The molecule has 124 valence electrons. The first-order valence-corrected chi connectivity index (χ1v) is 8.25. The minimum Gasteiger partial charge on any atom is -0.366 e. The van der Waals surface area contributed by atoms with Crippen LogP contribution in [0.15, 0.2) is 79.1 Å². The van der Waals surface area contributed by atoms with Crippen molar-refractivity contribution in [3.63, 3.8) is 0 Å². The Labute approximate surface area is 146 Å². The lowest BCUT2D eigenvalue weighted by atomic mass is 9.94. The monoisotopic (exact) mass is 330 g/mol. The van der Waals surface area contributed by atoms with Crippen molar-refractivity contribution in [2.45, 2.75) is 18.7 Å². The number of carbonyl (C=O) groups is 1. The van der Waals surface area contributed by atoms with Crippen LogP contribution in [0.3, 0.4) is 0 Å². The summed E-state index contributed by atoms with van der Waals surface area (Å²) in [4.78, 5) is 18.6. The summed E-state index contributed by atoms with van der Waals surface area (Å²) in [5.74, 6) is -0.155. The Morgan fingerprint density at radius 2 is 1.64 bits per heavy atom. The Balaban J connectivity index is 1.77. The number of hydrogen-bond donors (Lipinski definition) is 1. The summed E-state index contributed by atoms with van der Waals surface area (Å²) in [7, 11) is 0. The number of fused-ring (bicyclic) bond motifs is 1. The summed E-state index contributed by atoms with van der Waals surface area (Å²) >= 11 is 0. The summed E-state index contributed by atoms with van der Waals surface area (Å²) in [6.45, 7) is 0.310. The molecule has 0 fully saturated rings. The molecule has 1 aliphatic rings. The molecule has 1 amide bonds. The van der Waals surface area contributed by atoms with Gasteiger partial charge in [-0.05, 0) is 23.3 Å². The first kappa shape index (κ1) is 15.5. The molecule has 1 aromatic heterocycles. The maximum atomic E-state index is 13.0. The van der Waals surface area contributed by atoms with E-state index in [-0.39, 0.29) is 5.91 Å². The molecule has 1 aliphatic heterocycles. The van der Waals surface area contributed by atoms with Crippen LogP contribution in [0.2, 0.25) is 0 Å². The Morgan fingerprint density at radius 1 is 0.920 bits per heavy atom. The lowest BCUT2D eigenvalue weighted by Gasteiger charge is -2.34. The highest BCUT2D eigenvalue weighted by Gasteiger charge is 2.48. The topological polar surface area (TPSA) is 53.4 Å². The van der Waals surface area contributed by atoms with E-state index in [2.05, 4.69) is 4.98 Å². The first-order chi connectivity index (χ1) is 12.2. The van der Waals surface area contributed by atoms with Crippen molar-refractivity contribution in [2.75, 3.05) is 0 Å². The number of aromatic nitrogens is 1. The molecular weight excluding hydrogens is 312 g/mol. The summed E-state index contributed by atoms with van der Waals surface area (Å²) in [5, 5.41) is 11.6. The molecule has 0 spiro atoms. The zero-order valence-corrected chi connectivity index (χ0v) is 13.7. The molecule has 0 saturated heterocycles. The van der Waals surface area contributed by atoms with Gasteiger partial charge in [0, 0.05) is 29.9 Å². The molecule has 4 rings (SSSR count). The lowest BCUT2D eigenvalue weighted by molar-refractivity contribution is -0.0879. The van der Waals surface area contributed by atoms with Crippen LogP contribution >= 0.6 is 0 Å². The van der Waals surface area contributed by atoms with Gasteiger partial charge in [0.25, 0.3) is 5.91 Å². The van der Waals surface area contributed by atoms with E-state index < -0.39 is 5.72 Å². The zero-order chi connectivity index (χ0) is 17.3. The minimum absolute atomic E-state index is 0.155. The molecule has 0 radical (unpaired) electrons. The number of carbonyl (C=O) groups excluding carboxylic acids is 1. The SMILES string of the molecule is O=C1c2ccccc2[C@@](O)(Cc2ccccc2)N1Cc1cccnc1. The fourth-order valence-electron chi connectivity index (χ4n) is 3.43. The Bertz CT molecular complexity index is 896. The van der Waals surface area contributed by atoms with Crippen LogP contribution in [-0.4, -0.2) is 20.9 Å². The van der Waals surface area contributed by atoms with E-state index in [9.17, 15) is 9.90 Å². The molecule has 1 atom stereocenters. The van der Waals surface area contributed by atoms with E-state index in [1.54, 1.807) is 23.4 Å². The number of benzene rings is 2. The summed E-state index contributed by atoms with van der Waals surface area (Å²) < 4.78 is 0. The molecular formula is C21H18N2O2. The standard InChI is InChI=1S/C21H18N2O2/c24-20-18-10-4-5-11-19(18)21(25,13-16-7-2-1-3-8-16)23(20)15-17-9-6-12-22-14-17/h1-12,14,25H,13,15H2/t21-/m0/s1. The minimum atomic E-state index is -1.37. The Kier molecular flexibility index (Phi) is 3.82. The second kappa shape index (κ2) is 6.15. The predicted octanol–water partition coefficient (Wildman–Crippen LogP) is 3.13. The van der Waals surface area contributed by atoms with Gasteiger partial charge < -0.3 is 10.0 Å². The number of hydrogen-bond acceptors (Lipinski definition) is 3. The molecule has 3 aromatic rings. The molecule has 0 saturated carbocycles. The average molecular weight is 330 g/mol. The smallest absolute Gasteiger partial charge is 0.257 e. The summed E-state index contributed by atoms with van der Waals surface area (Å²) in [5.41, 5.74) is 1.71. The van der Waals surface area contributed by atoms with Crippen molar-refractivity contribution in [1.82, 2.24) is 9.88 Å². The third-order valence-corrected chi connectivity index (χ3v) is 4.64. The molecule has 1 N–H and O–H groups in total. The Morgan fingerprint density at radius 3 is 2.40 bits per heavy atom. The van der Waals surface area contributed by atoms with Gasteiger partial charge in [-0.15, -0.1) is 0 Å². The second-order valence-electron chi connectivity index (χ2n) is 6.28. The van der Waals surface area contributed by atoms with Gasteiger partial charge in [0.15, 0.2) is 5.72 Å². The predicted molar refractivity (Wildman–Crippen MR) is 94.6 cm³/mol. The van der Waals surface area contributed by atoms with E-state index >= 15 is 0 Å². The number of nitrogens with zero attached hydrogens (tertiary/aromatic N) is 2. The molecule has 4 nitrogen and oxygen atoms in total. The van der Waals surface area contributed by atoms with Gasteiger partial charge in [0.2, 0.25) is 0 Å². The van der Waals surface area contributed by atoms with Gasteiger partial charge in [0.05, 0.1) is 6.54 Å². The van der Waals surface area contributed by atoms with Crippen molar-refractivity contribution in [3.05, 3.63) is 101 Å². The fourth-order valence-corrected chi connectivity index (χ4v) is 3.43. The van der Waals surface area contributed by atoms with Crippen LogP contribution in [-0.2, 0) is 18.7 Å². The molecule has 2 heterocycles. The van der Waals surface area contributed by atoms with Crippen molar-refractivity contribution < 1.29 is 9.90 Å².